The van der Waals surface area contributed by atoms with Gasteiger partial charge in [0.2, 0.25) is 0 Å². The van der Waals surface area contributed by atoms with E-state index < -0.39 is 0 Å². The quantitative estimate of drug-likeness (QED) is 0.928. The van der Waals surface area contributed by atoms with Crippen molar-refractivity contribution in [2.75, 3.05) is 25.5 Å². The minimum atomic E-state index is -0.305. The Hall–Kier alpha value is -2.67. The Labute approximate surface area is 145 Å². The van der Waals surface area contributed by atoms with E-state index in [1.54, 1.807) is 35.4 Å². The number of hydrogen-bond acceptors (Lipinski definition) is 4. The summed E-state index contributed by atoms with van der Waals surface area (Å²) < 4.78 is 24.2. The first-order valence-corrected chi connectivity index (χ1v) is 8.02. The van der Waals surface area contributed by atoms with Gasteiger partial charge < -0.3 is 14.4 Å². The summed E-state index contributed by atoms with van der Waals surface area (Å²) in [6, 6.07) is 9.31. The second-order valence-electron chi connectivity index (χ2n) is 5.88. The number of rotatable bonds is 3. The van der Waals surface area contributed by atoms with Crippen molar-refractivity contribution in [2.45, 2.75) is 19.1 Å². The lowest BCUT2D eigenvalue weighted by molar-refractivity contribution is -0.0643. The van der Waals surface area contributed by atoms with Gasteiger partial charge >= 0.3 is 6.03 Å². The Kier molecular flexibility index (Phi) is 5.14. The molecule has 25 heavy (non-hydrogen) atoms. The van der Waals surface area contributed by atoms with E-state index in [1.165, 1.54) is 19.2 Å². The highest BCUT2D eigenvalue weighted by Gasteiger charge is 2.30. The number of anilines is 1. The molecule has 1 saturated heterocycles. The lowest BCUT2D eigenvalue weighted by Crippen LogP contribution is -2.47. The Morgan fingerprint density at radius 2 is 2.08 bits per heavy atom. The number of nitrogens with zero attached hydrogens (tertiary/aromatic N) is 2. The Balaban J connectivity index is 1.72. The Morgan fingerprint density at radius 1 is 1.32 bits per heavy atom. The number of carbonyl (C=O) groups is 1. The average Bonchev–Trinajstić information content (AvgIpc) is 2.62. The van der Waals surface area contributed by atoms with Gasteiger partial charge in [0.25, 0.3) is 0 Å². The number of pyridine rings is 1. The molecule has 0 saturated carbocycles. The van der Waals surface area contributed by atoms with Crippen molar-refractivity contribution in [3.8, 4) is 5.75 Å². The predicted octanol–water partition coefficient (Wildman–Crippen LogP) is 3.22. The molecule has 6 nitrogen and oxygen atoms in total. The summed E-state index contributed by atoms with van der Waals surface area (Å²) in [5.41, 5.74) is 0.834. The average molecular weight is 345 g/mol. The number of nitrogens with one attached hydrogen (secondary N) is 1. The number of halogens is 1. The lowest BCUT2D eigenvalue weighted by atomic mass is 10.1. The first kappa shape index (κ1) is 17.2. The SMILES string of the molecule is COc1cccnc1NC(=O)N1CC(C)OC(c2ccc(F)cc2)C1. The number of hydrogen-bond donors (Lipinski definition) is 1. The summed E-state index contributed by atoms with van der Waals surface area (Å²) in [6.45, 7) is 2.73. The number of aromatic nitrogens is 1. The van der Waals surface area contributed by atoms with E-state index in [0.29, 0.717) is 24.7 Å². The molecule has 1 fully saturated rings. The van der Waals surface area contributed by atoms with Crippen LogP contribution < -0.4 is 10.1 Å². The predicted molar refractivity (Wildman–Crippen MR) is 91.1 cm³/mol. The topological polar surface area (TPSA) is 63.7 Å². The fraction of sp³-hybridized carbons (Fsp3) is 0.333. The number of urea groups is 1. The number of morpholine rings is 1. The van der Waals surface area contributed by atoms with Crippen LogP contribution in [-0.2, 0) is 4.74 Å². The molecule has 2 heterocycles. The van der Waals surface area contributed by atoms with Crippen molar-refractivity contribution < 1.29 is 18.7 Å². The fourth-order valence-electron chi connectivity index (χ4n) is 2.81. The van der Waals surface area contributed by atoms with Crippen molar-refractivity contribution in [1.29, 1.82) is 0 Å². The molecule has 0 aliphatic carbocycles. The van der Waals surface area contributed by atoms with Gasteiger partial charge in [-0.15, -0.1) is 0 Å². The number of carbonyl (C=O) groups excluding carboxylic acids is 1. The second kappa shape index (κ2) is 7.48. The summed E-state index contributed by atoms with van der Waals surface area (Å²) in [6.07, 6.45) is 1.14. The maximum absolute atomic E-state index is 13.1. The van der Waals surface area contributed by atoms with Crippen LogP contribution in [0.4, 0.5) is 15.0 Å². The largest absolute Gasteiger partial charge is 0.493 e. The van der Waals surface area contributed by atoms with Gasteiger partial charge in [-0.25, -0.2) is 14.2 Å². The third-order valence-electron chi connectivity index (χ3n) is 4.01. The molecular weight excluding hydrogens is 325 g/mol. The van der Waals surface area contributed by atoms with Crippen molar-refractivity contribution in [3.05, 3.63) is 54.0 Å². The molecule has 1 aromatic heterocycles. The van der Waals surface area contributed by atoms with Crippen LogP contribution in [0.2, 0.25) is 0 Å². The number of amides is 2. The molecule has 1 aromatic carbocycles. The first-order chi connectivity index (χ1) is 12.1. The molecule has 0 spiro atoms. The van der Waals surface area contributed by atoms with Gasteiger partial charge in [0.1, 0.15) is 11.9 Å². The molecule has 2 unspecified atom stereocenters. The van der Waals surface area contributed by atoms with Crippen molar-refractivity contribution in [3.63, 3.8) is 0 Å². The molecule has 0 radical (unpaired) electrons. The minimum absolute atomic E-state index is 0.139. The standard InChI is InChI=1S/C18H20FN3O3/c1-12-10-22(11-16(25-12)13-5-7-14(19)8-6-13)18(23)21-17-15(24-2)4-3-9-20-17/h3-9,12,16H,10-11H2,1-2H3,(H,20,21,23). The second-order valence-corrected chi connectivity index (χ2v) is 5.88. The van der Waals surface area contributed by atoms with Crippen LogP contribution >= 0.6 is 0 Å². The van der Waals surface area contributed by atoms with E-state index in [2.05, 4.69) is 10.3 Å². The van der Waals surface area contributed by atoms with E-state index in [-0.39, 0.29) is 24.1 Å². The third-order valence-corrected chi connectivity index (χ3v) is 4.01. The van der Waals surface area contributed by atoms with Crippen LogP contribution in [0, 0.1) is 5.82 Å². The van der Waals surface area contributed by atoms with Crippen molar-refractivity contribution >= 4 is 11.8 Å². The van der Waals surface area contributed by atoms with Gasteiger partial charge in [0.15, 0.2) is 11.6 Å². The highest BCUT2D eigenvalue weighted by atomic mass is 19.1. The van der Waals surface area contributed by atoms with Crippen LogP contribution in [0.1, 0.15) is 18.6 Å². The summed E-state index contributed by atoms with van der Waals surface area (Å²) in [5, 5.41) is 2.77. The molecule has 1 aliphatic heterocycles. The van der Waals surface area contributed by atoms with Crippen molar-refractivity contribution in [2.24, 2.45) is 0 Å². The smallest absolute Gasteiger partial charge is 0.323 e. The lowest BCUT2D eigenvalue weighted by Gasteiger charge is -2.37. The van der Waals surface area contributed by atoms with Crippen LogP contribution in [-0.4, -0.2) is 42.2 Å². The molecule has 7 heteroatoms. The molecule has 2 amide bonds. The summed E-state index contributed by atoms with van der Waals surface area (Å²) in [4.78, 5) is 18.4. The molecule has 3 rings (SSSR count). The first-order valence-electron chi connectivity index (χ1n) is 8.02. The molecule has 2 atom stereocenters. The fourth-order valence-corrected chi connectivity index (χ4v) is 2.81. The number of methoxy groups -OCH3 is 1. The zero-order chi connectivity index (χ0) is 17.8. The number of benzene rings is 1. The van der Waals surface area contributed by atoms with E-state index in [1.807, 2.05) is 6.92 Å². The zero-order valence-electron chi connectivity index (χ0n) is 14.1. The molecule has 1 aliphatic rings. The van der Waals surface area contributed by atoms with Crippen LogP contribution in [0.15, 0.2) is 42.6 Å². The summed E-state index contributed by atoms with van der Waals surface area (Å²) in [7, 11) is 1.52. The van der Waals surface area contributed by atoms with Gasteiger partial charge in [-0.2, -0.15) is 0 Å². The van der Waals surface area contributed by atoms with Crippen LogP contribution in [0.3, 0.4) is 0 Å². The molecule has 132 valence electrons. The number of ether oxygens (including phenoxy) is 2. The summed E-state index contributed by atoms with van der Waals surface area (Å²) in [5.74, 6) is 0.559. The van der Waals surface area contributed by atoms with Gasteiger partial charge in [-0.05, 0) is 36.8 Å². The molecule has 1 N–H and O–H groups in total. The Morgan fingerprint density at radius 3 is 2.80 bits per heavy atom. The molecule has 0 bridgehead atoms. The Bertz CT molecular complexity index is 739. The normalized spacial score (nSPS) is 20.2. The van der Waals surface area contributed by atoms with Crippen LogP contribution in [0.25, 0.3) is 0 Å². The highest BCUT2D eigenvalue weighted by molar-refractivity contribution is 5.89. The zero-order valence-corrected chi connectivity index (χ0v) is 14.1. The van der Waals surface area contributed by atoms with E-state index >= 15 is 0 Å². The van der Waals surface area contributed by atoms with E-state index in [0.717, 1.165) is 5.56 Å². The maximum Gasteiger partial charge on any atom is 0.323 e. The van der Waals surface area contributed by atoms with E-state index in [9.17, 15) is 9.18 Å². The van der Waals surface area contributed by atoms with Gasteiger partial charge in [0.05, 0.1) is 19.8 Å². The minimum Gasteiger partial charge on any atom is -0.493 e. The van der Waals surface area contributed by atoms with E-state index in [4.69, 9.17) is 9.47 Å². The van der Waals surface area contributed by atoms with Gasteiger partial charge in [0, 0.05) is 12.7 Å². The third kappa shape index (κ3) is 4.06. The molecular formula is C18H20FN3O3. The van der Waals surface area contributed by atoms with Gasteiger partial charge in [-0.1, -0.05) is 12.1 Å². The summed E-state index contributed by atoms with van der Waals surface area (Å²) >= 11 is 0. The maximum atomic E-state index is 13.1. The van der Waals surface area contributed by atoms with Crippen LogP contribution in [0.5, 0.6) is 5.75 Å². The van der Waals surface area contributed by atoms with Crippen molar-refractivity contribution in [1.82, 2.24) is 9.88 Å². The van der Waals surface area contributed by atoms with Gasteiger partial charge in [-0.3, -0.25) is 5.32 Å². The highest BCUT2D eigenvalue weighted by Crippen LogP contribution is 2.27. The monoisotopic (exact) mass is 345 g/mol. The molecule has 2 aromatic rings.